The van der Waals surface area contributed by atoms with Gasteiger partial charge in [-0.05, 0) is 121 Å². The van der Waals surface area contributed by atoms with E-state index in [0.717, 1.165) is 77.4 Å². The minimum Gasteiger partial charge on any atom is -0.460 e. The number of quaternary nitrogens is 3. The highest BCUT2D eigenvalue weighted by Gasteiger charge is 2.31. The highest BCUT2D eigenvalue weighted by atomic mass is 33.1. The van der Waals surface area contributed by atoms with Crippen LogP contribution in [0.3, 0.4) is 0 Å². The molecule has 0 bridgehead atoms. The maximum atomic E-state index is 14.0. The van der Waals surface area contributed by atoms with Crippen molar-refractivity contribution in [3.05, 3.63) is 46.0 Å². The molecule has 30 nitrogen and oxygen atoms in total. The lowest BCUT2D eigenvalue weighted by Gasteiger charge is -2.27. The molecule has 9 N–H and O–H groups in total. The van der Waals surface area contributed by atoms with Crippen molar-refractivity contribution in [2.45, 2.75) is 172 Å². The first-order valence-corrected chi connectivity index (χ1v) is 36.1. The van der Waals surface area contributed by atoms with Gasteiger partial charge < -0.3 is 89.1 Å². The molecule has 0 aromatic carbocycles. The van der Waals surface area contributed by atoms with E-state index in [2.05, 4.69) is 106 Å². The van der Waals surface area contributed by atoms with Gasteiger partial charge in [-0.3, -0.25) is 43.2 Å². The number of aromatic nitrogens is 1. The summed E-state index contributed by atoms with van der Waals surface area (Å²) in [6.07, 6.45) is 8.82. The molecule has 556 valence electrons. The monoisotopic (exact) mass is 1430 g/mol. The number of ether oxygens (including phenoxy) is 4. The van der Waals surface area contributed by atoms with E-state index in [-0.39, 0.29) is 95.5 Å². The second-order valence-electron chi connectivity index (χ2n) is 28.2. The van der Waals surface area contributed by atoms with Crippen LogP contribution >= 0.6 is 21.6 Å². The Morgan fingerprint density at radius 1 is 0.622 bits per heavy atom. The maximum Gasteiger partial charge on any atom is 0.519 e. The predicted octanol–water partition coefficient (Wildman–Crippen LogP) is 3.07. The number of esters is 1. The molecule has 9 amide bonds. The van der Waals surface area contributed by atoms with Crippen LogP contribution in [0.4, 0.5) is 4.79 Å². The Bertz CT molecular complexity index is 2850. The van der Waals surface area contributed by atoms with Crippen molar-refractivity contribution in [3.63, 3.8) is 0 Å². The molecule has 0 aliphatic rings. The van der Waals surface area contributed by atoms with Gasteiger partial charge in [0.25, 0.3) is 5.91 Å². The van der Waals surface area contributed by atoms with Crippen molar-refractivity contribution in [2.24, 2.45) is 5.73 Å². The molecule has 0 saturated heterocycles. The zero-order valence-corrected chi connectivity index (χ0v) is 62.3. The van der Waals surface area contributed by atoms with E-state index in [1.54, 1.807) is 43.7 Å². The normalized spacial score (nSPS) is 13.0. The topological polar surface area (TPSA) is 377 Å². The fraction of sp³-hybridized carbons (Fsp3) is 0.727. The Labute approximate surface area is 586 Å². The van der Waals surface area contributed by atoms with Crippen LogP contribution < -0.4 is 48.8 Å². The molecule has 2 rings (SSSR count). The van der Waals surface area contributed by atoms with E-state index >= 15 is 0 Å². The number of rotatable bonds is 51. The summed E-state index contributed by atoms with van der Waals surface area (Å²) < 4.78 is 33.9. The third-order valence-electron chi connectivity index (χ3n) is 14.6. The predicted molar refractivity (Wildman–Crippen MR) is 373 cm³/mol. The van der Waals surface area contributed by atoms with E-state index in [0.29, 0.717) is 55.5 Å². The number of nitrogens with two attached hydrogens (primary N) is 1. The molecule has 32 heteroatoms. The Balaban J connectivity index is 1.77. The number of unbranched alkanes of at least 4 members (excludes halogenated alkanes) is 6. The average molecular weight is 1430 g/mol. The third-order valence-corrected chi connectivity index (χ3v) is 17.0. The smallest absolute Gasteiger partial charge is 0.460 e. The summed E-state index contributed by atoms with van der Waals surface area (Å²) in [4.78, 5) is 147. The summed E-state index contributed by atoms with van der Waals surface area (Å²) in [6.45, 7) is 10.6. The lowest BCUT2D eigenvalue weighted by Crippen LogP contribution is -2.56. The molecule has 2 heterocycles. The quantitative estimate of drug-likeness (QED) is 0.0204. The summed E-state index contributed by atoms with van der Waals surface area (Å²) in [5.74, 6) is -4.60. The Morgan fingerprint density at radius 3 is 1.76 bits per heavy atom. The van der Waals surface area contributed by atoms with Crippen molar-refractivity contribution in [1.29, 1.82) is 0 Å². The van der Waals surface area contributed by atoms with Crippen molar-refractivity contribution in [1.82, 2.24) is 47.1 Å². The second kappa shape index (κ2) is 45.8. The lowest BCUT2D eigenvalue weighted by atomic mass is 10.0. The number of aryl methyl sites for hydroxylation is 1. The first kappa shape index (κ1) is 87.2. The molecule has 0 aliphatic carbocycles. The molecule has 0 saturated carbocycles. The van der Waals surface area contributed by atoms with Crippen LogP contribution in [0.2, 0.25) is 0 Å². The first-order chi connectivity index (χ1) is 45.9. The molecule has 0 radical (unpaired) electrons. The SMILES string of the molecule is CC(=O)N[C@@H](CC(=O)OC(C)(C)C)C(=O)NCCN(CCCCCCSSc1ccc(C(=O)NCCC(=O)NCCOCCOCC(=O)N[C@@H](CCCC[N+](C)(C)C)C(=O)N[C@@H](CCCC[N+](C)(C)C)C(=O)N[C@@H](CCCC[N+](C)(C)C)C(N)=O)cn1)C(=O)OCc1oc(=O)oc1C. The summed E-state index contributed by atoms with van der Waals surface area (Å²) in [7, 11) is 21.8. The molecular weight excluding hydrogens is 1310 g/mol. The number of nitrogens with one attached hydrogen (secondary N) is 7. The van der Waals surface area contributed by atoms with Gasteiger partial charge >= 0.3 is 17.9 Å². The lowest BCUT2D eigenvalue weighted by molar-refractivity contribution is -0.870. The van der Waals surface area contributed by atoms with Gasteiger partial charge in [0.1, 0.15) is 41.4 Å². The van der Waals surface area contributed by atoms with Gasteiger partial charge in [0.05, 0.1) is 115 Å². The Kier molecular flexibility index (Phi) is 40.7. The Morgan fingerprint density at radius 2 is 1.20 bits per heavy atom. The maximum absolute atomic E-state index is 14.0. The van der Waals surface area contributed by atoms with Crippen LogP contribution in [0.5, 0.6) is 0 Å². The van der Waals surface area contributed by atoms with Crippen LogP contribution in [0.25, 0.3) is 0 Å². The van der Waals surface area contributed by atoms with Gasteiger partial charge in [0.2, 0.25) is 41.4 Å². The van der Waals surface area contributed by atoms with E-state index < -0.39 is 89.5 Å². The second-order valence-corrected chi connectivity index (χ2v) is 30.6. The van der Waals surface area contributed by atoms with Gasteiger partial charge in [0.15, 0.2) is 18.1 Å². The third kappa shape index (κ3) is 42.9. The summed E-state index contributed by atoms with van der Waals surface area (Å²) >= 11 is 0. The van der Waals surface area contributed by atoms with E-state index in [4.69, 9.17) is 33.5 Å². The molecule has 2 aromatic rings. The number of hydrogen-bond acceptors (Lipinski definition) is 20. The fourth-order valence-corrected chi connectivity index (χ4v) is 11.5. The highest BCUT2D eigenvalue weighted by molar-refractivity contribution is 8.76. The van der Waals surface area contributed by atoms with Gasteiger partial charge in [-0.15, -0.1) is 0 Å². The minimum atomic E-state index is -1.20. The average Bonchev–Trinajstić information content (AvgIpc) is 1.20. The van der Waals surface area contributed by atoms with Gasteiger partial charge in [-0.2, -0.15) is 0 Å². The van der Waals surface area contributed by atoms with Crippen molar-refractivity contribution in [2.75, 3.05) is 148 Å². The minimum absolute atomic E-state index is 0.0239. The molecule has 0 spiro atoms. The molecular formula is C66H116N13O17S2+3. The van der Waals surface area contributed by atoms with Crippen molar-refractivity contribution >= 4 is 80.9 Å². The van der Waals surface area contributed by atoms with E-state index in [1.807, 2.05) is 0 Å². The molecule has 4 atom stereocenters. The zero-order valence-electron chi connectivity index (χ0n) is 60.6. The van der Waals surface area contributed by atoms with Crippen LogP contribution in [0.1, 0.15) is 146 Å². The number of primary amides is 1. The summed E-state index contributed by atoms with van der Waals surface area (Å²) in [5.41, 5.74) is 5.28. The van der Waals surface area contributed by atoms with Crippen LogP contribution in [0.15, 0.2) is 37.0 Å². The molecule has 0 unspecified atom stereocenters. The van der Waals surface area contributed by atoms with Gasteiger partial charge in [0, 0.05) is 58.0 Å². The number of amides is 9. The molecule has 0 fully saturated rings. The number of carbonyl (C=O) groups excluding carboxylic acids is 10. The van der Waals surface area contributed by atoms with E-state index in [9.17, 15) is 52.7 Å². The van der Waals surface area contributed by atoms with E-state index in [1.165, 1.54) is 35.7 Å². The largest absolute Gasteiger partial charge is 0.519 e. The summed E-state index contributed by atoms with van der Waals surface area (Å²) in [5, 5.41) is 19.8. The number of nitrogens with zero attached hydrogens (tertiary/aromatic N) is 5. The molecule has 98 heavy (non-hydrogen) atoms. The molecule has 0 aliphatic heterocycles. The summed E-state index contributed by atoms with van der Waals surface area (Å²) in [6, 6.07) is -0.629. The number of hydrogen-bond donors (Lipinski definition) is 8. The van der Waals surface area contributed by atoms with Gasteiger partial charge in [-0.25, -0.2) is 14.6 Å². The zero-order chi connectivity index (χ0) is 73.5. The van der Waals surface area contributed by atoms with Crippen molar-refractivity contribution in [3.8, 4) is 0 Å². The number of carbonyl (C=O) groups is 10. The molecule has 2 aromatic heterocycles. The Hall–Kier alpha value is -6.84. The van der Waals surface area contributed by atoms with Crippen LogP contribution in [-0.4, -0.2) is 260 Å². The standard InChI is InChI=1S/C66H113N13O17S2/c1-47-54(95-65(90)94-47)45-93-64(89)76(35-32-70-61(86)53(72-48(2)80)43-58(83)96-66(3,4)5)34-20-15-16-24-42-97-98-57-29-28-49(44-71-57)60(85)69-31-30-55(81)68-33-39-91-40-41-92-46-56(82)73-51(26-18-22-37-78(9,10)11)62(87)75-52(27-19-23-38-79(12,13)14)63(88)74-50(59(67)84)25-17-21-36-77(6,7)8/h28-29,44,50-53H,15-27,30-43,45-46H2,1-14H3,(H6-3,67,68,69,70,72,73,74,75,80,81,82,84,85,86,87,88)/p+3/t50-,51-,52-,53-/m0/s1. The van der Waals surface area contributed by atoms with Crippen LogP contribution in [-0.2, 0) is 63.9 Å². The first-order valence-electron chi connectivity index (χ1n) is 33.7. The fourth-order valence-electron chi connectivity index (χ4n) is 9.48. The van der Waals surface area contributed by atoms with Crippen LogP contribution in [0, 0.1) is 6.92 Å². The number of pyridine rings is 1. The van der Waals surface area contributed by atoms with Crippen molar-refractivity contribution < 1.29 is 89.2 Å². The highest BCUT2D eigenvalue weighted by Crippen LogP contribution is 2.30. The van der Waals surface area contributed by atoms with Gasteiger partial charge in [-0.1, -0.05) is 23.6 Å².